The van der Waals surface area contributed by atoms with Crippen molar-refractivity contribution in [2.45, 2.75) is 37.1 Å². The molecule has 0 amide bonds. The zero-order valence-corrected chi connectivity index (χ0v) is 11.2. The van der Waals surface area contributed by atoms with E-state index in [0.29, 0.717) is 6.04 Å². The molecule has 0 spiro atoms. The minimum absolute atomic E-state index is 0.656. The molecule has 1 aromatic rings. The van der Waals surface area contributed by atoms with Gasteiger partial charge in [0.25, 0.3) is 0 Å². The molecule has 1 aromatic heterocycles. The number of halogens is 1. The van der Waals surface area contributed by atoms with Crippen LogP contribution in [0.25, 0.3) is 0 Å². The van der Waals surface area contributed by atoms with Crippen LogP contribution in [-0.4, -0.2) is 17.5 Å². The van der Waals surface area contributed by atoms with Crippen molar-refractivity contribution in [1.29, 1.82) is 0 Å². The van der Waals surface area contributed by atoms with Gasteiger partial charge in [0.15, 0.2) is 4.67 Å². The van der Waals surface area contributed by atoms with Crippen molar-refractivity contribution >= 4 is 27.7 Å². The average Bonchev–Trinajstić information content (AvgIpc) is 2.83. The Kier molecular flexibility index (Phi) is 4.17. The SMILES string of the molecule is CSC1CCCC1NCc1ccc(Br)o1. The highest BCUT2D eigenvalue weighted by atomic mass is 79.9. The molecule has 1 fully saturated rings. The van der Waals surface area contributed by atoms with Gasteiger partial charge in [-0.25, -0.2) is 0 Å². The smallest absolute Gasteiger partial charge is 0.169 e. The van der Waals surface area contributed by atoms with Crippen LogP contribution in [0.1, 0.15) is 25.0 Å². The lowest BCUT2D eigenvalue weighted by molar-refractivity contribution is 0.437. The Hall–Kier alpha value is 0.0700. The molecular formula is C11H16BrNOS. The molecule has 0 aliphatic heterocycles. The largest absolute Gasteiger partial charge is 0.453 e. The fraction of sp³-hybridized carbons (Fsp3) is 0.636. The Morgan fingerprint density at radius 2 is 2.40 bits per heavy atom. The zero-order valence-electron chi connectivity index (χ0n) is 8.83. The number of hydrogen-bond donors (Lipinski definition) is 1. The molecule has 15 heavy (non-hydrogen) atoms. The first-order valence-electron chi connectivity index (χ1n) is 5.30. The van der Waals surface area contributed by atoms with E-state index in [9.17, 15) is 0 Å². The quantitative estimate of drug-likeness (QED) is 0.920. The average molecular weight is 290 g/mol. The van der Waals surface area contributed by atoms with Gasteiger partial charge in [-0.1, -0.05) is 6.42 Å². The first-order chi connectivity index (χ1) is 7.29. The summed E-state index contributed by atoms with van der Waals surface area (Å²) in [6.45, 7) is 0.841. The molecule has 1 N–H and O–H groups in total. The molecule has 2 unspecified atom stereocenters. The predicted molar refractivity (Wildman–Crippen MR) is 68.2 cm³/mol. The van der Waals surface area contributed by atoms with E-state index in [2.05, 4.69) is 27.5 Å². The maximum absolute atomic E-state index is 5.46. The van der Waals surface area contributed by atoms with Gasteiger partial charge in [0.05, 0.1) is 6.54 Å². The van der Waals surface area contributed by atoms with E-state index >= 15 is 0 Å². The van der Waals surface area contributed by atoms with Crippen molar-refractivity contribution < 1.29 is 4.42 Å². The van der Waals surface area contributed by atoms with E-state index in [-0.39, 0.29) is 0 Å². The van der Waals surface area contributed by atoms with Gasteiger partial charge in [-0.3, -0.25) is 0 Å². The third kappa shape index (κ3) is 3.02. The summed E-state index contributed by atoms with van der Waals surface area (Å²) in [6, 6.07) is 4.61. The molecule has 0 radical (unpaired) electrons. The molecule has 2 rings (SSSR count). The van der Waals surface area contributed by atoms with Crippen LogP contribution in [0.15, 0.2) is 21.2 Å². The highest BCUT2D eigenvalue weighted by Gasteiger charge is 2.25. The van der Waals surface area contributed by atoms with Crippen LogP contribution in [0.4, 0.5) is 0 Å². The number of hydrogen-bond acceptors (Lipinski definition) is 3. The molecule has 4 heteroatoms. The Labute approximate surface area is 103 Å². The van der Waals surface area contributed by atoms with Crippen LogP contribution in [0.2, 0.25) is 0 Å². The third-order valence-electron chi connectivity index (χ3n) is 2.92. The standard InChI is InChI=1S/C11H16BrNOS/c1-15-10-4-2-3-9(10)13-7-8-5-6-11(12)14-8/h5-6,9-10,13H,2-4,7H2,1H3. The van der Waals surface area contributed by atoms with Crippen molar-refractivity contribution in [3.05, 3.63) is 22.6 Å². The molecule has 1 aliphatic rings. The number of rotatable bonds is 4. The number of thioether (sulfide) groups is 1. The number of furan rings is 1. The van der Waals surface area contributed by atoms with Crippen molar-refractivity contribution in [2.75, 3.05) is 6.26 Å². The number of nitrogens with one attached hydrogen (secondary N) is 1. The van der Waals surface area contributed by atoms with E-state index in [1.54, 1.807) is 0 Å². The lowest BCUT2D eigenvalue weighted by Crippen LogP contribution is -2.33. The molecule has 1 saturated carbocycles. The molecule has 84 valence electrons. The van der Waals surface area contributed by atoms with Gasteiger partial charge in [0, 0.05) is 11.3 Å². The zero-order chi connectivity index (χ0) is 10.7. The van der Waals surface area contributed by atoms with Crippen molar-refractivity contribution in [1.82, 2.24) is 5.32 Å². The summed E-state index contributed by atoms with van der Waals surface area (Å²) in [7, 11) is 0. The predicted octanol–water partition coefficient (Wildman–Crippen LogP) is 3.42. The summed E-state index contributed by atoms with van der Waals surface area (Å²) in [5.74, 6) is 1.01. The Bertz CT molecular complexity index is 315. The van der Waals surface area contributed by atoms with Crippen LogP contribution >= 0.6 is 27.7 Å². The van der Waals surface area contributed by atoms with Crippen LogP contribution in [0.3, 0.4) is 0 Å². The van der Waals surface area contributed by atoms with E-state index in [4.69, 9.17) is 4.42 Å². The van der Waals surface area contributed by atoms with E-state index in [1.807, 2.05) is 23.9 Å². The Morgan fingerprint density at radius 3 is 3.07 bits per heavy atom. The minimum Gasteiger partial charge on any atom is -0.453 e. The van der Waals surface area contributed by atoms with E-state index in [0.717, 1.165) is 22.2 Å². The Morgan fingerprint density at radius 1 is 1.53 bits per heavy atom. The third-order valence-corrected chi connectivity index (χ3v) is 4.52. The summed E-state index contributed by atoms with van der Waals surface area (Å²) in [4.78, 5) is 0. The van der Waals surface area contributed by atoms with Crippen molar-refractivity contribution in [3.63, 3.8) is 0 Å². The van der Waals surface area contributed by atoms with Gasteiger partial charge in [0.2, 0.25) is 0 Å². The summed E-state index contributed by atoms with van der Waals surface area (Å²) in [6.07, 6.45) is 6.20. The van der Waals surface area contributed by atoms with Crippen LogP contribution in [0.5, 0.6) is 0 Å². The molecular weight excluding hydrogens is 274 g/mol. The van der Waals surface area contributed by atoms with Gasteiger partial charge in [-0.15, -0.1) is 0 Å². The summed E-state index contributed by atoms with van der Waals surface area (Å²) in [5.41, 5.74) is 0. The van der Waals surface area contributed by atoms with Crippen LogP contribution in [0, 0.1) is 0 Å². The first kappa shape index (κ1) is 11.6. The molecule has 0 aromatic carbocycles. The lowest BCUT2D eigenvalue weighted by atomic mass is 10.2. The second-order valence-electron chi connectivity index (χ2n) is 3.90. The highest BCUT2D eigenvalue weighted by molar-refractivity contribution is 9.10. The maximum Gasteiger partial charge on any atom is 0.169 e. The van der Waals surface area contributed by atoms with Crippen LogP contribution < -0.4 is 5.32 Å². The maximum atomic E-state index is 5.46. The van der Waals surface area contributed by atoms with Crippen molar-refractivity contribution in [3.8, 4) is 0 Å². The molecule has 0 saturated heterocycles. The van der Waals surface area contributed by atoms with Gasteiger partial charge in [0.1, 0.15) is 5.76 Å². The normalized spacial score (nSPS) is 26.0. The highest BCUT2D eigenvalue weighted by Crippen LogP contribution is 2.28. The fourth-order valence-electron chi connectivity index (χ4n) is 2.12. The molecule has 2 nitrogen and oxygen atoms in total. The van der Waals surface area contributed by atoms with Gasteiger partial charge < -0.3 is 9.73 Å². The summed E-state index contributed by atoms with van der Waals surface area (Å²) < 4.78 is 6.27. The molecule has 2 atom stereocenters. The lowest BCUT2D eigenvalue weighted by Gasteiger charge is -2.18. The van der Waals surface area contributed by atoms with E-state index < -0.39 is 0 Å². The van der Waals surface area contributed by atoms with Crippen molar-refractivity contribution in [2.24, 2.45) is 0 Å². The van der Waals surface area contributed by atoms with Crippen LogP contribution in [-0.2, 0) is 6.54 Å². The topological polar surface area (TPSA) is 25.2 Å². The molecule has 0 bridgehead atoms. The summed E-state index contributed by atoms with van der Waals surface area (Å²) >= 11 is 5.29. The minimum atomic E-state index is 0.656. The molecule has 1 aliphatic carbocycles. The Balaban J connectivity index is 1.82. The van der Waals surface area contributed by atoms with Gasteiger partial charge in [-0.2, -0.15) is 11.8 Å². The van der Waals surface area contributed by atoms with Gasteiger partial charge >= 0.3 is 0 Å². The monoisotopic (exact) mass is 289 g/mol. The van der Waals surface area contributed by atoms with Gasteiger partial charge in [-0.05, 0) is 47.2 Å². The first-order valence-corrected chi connectivity index (χ1v) is 7.38. The van der Waals surface area contributed by atoms with E-state index in [1.165, 1.54) is 19.3 Å². The second-order valence-corrected chi connectivity index (χ2v) is 5.76. The molecule has 1 heterocycles. The second kappa shape index (κ2) is 5.41. The summed E-state index contributed by atoms with van der Waals surface area (Å²) in [5, 5.41) is 4.36. The fourth-order valence-corrected chi connectivity index (χ4v) is 3.42.